The summed E-state index contributed by atoms with van der Waals surface area (Å²) in [6, 6.07) is 15.0. The molecule has 1 aromatic carbocycles. The number of benzene rings is 1. The Bertz CT molecular complexity index is 662. The maximum absolute atomic E-state index is 10.8. The number of aliphatic hydroxyl groups excluding tert-OH is 1. The van der Waals surface area contributed by atoms with Crippen LogP contribution in [0.15, 0.2) is 54.7 Å². The highest BCUT2D eigenvalue weighted by Gasteiger charge is 2.45. The Morgan fingerprint density at radius 3 is 2.52 bits per heavy atom. The Balaban J connectivity index is 1.48. The average Bonchev–Trinajstić information content (AvgIpc) is 3.19. The molecule has 1 fully saturated rings. The number of nitrogens with two attached hydrogens (primary N) is 1. The quantitative estimate of drug-likeness (QED) is 0.623. The van der Waals surface area contributed by atoms with E-state index in [0.29, 0.717) is 38.5 Å². The maximum Gasteiger partial charge on any atom is 0.213 e. The number of pyridine rings is 1. The van der Waals surface area contributed by atoms with Gasteiger partial charge in [0.2, 0.25) is 5.88 Å². The van der Waals surface area contributed by atoms with Gasteiger partial charge in [-0.05, 0) is 30.9 Å². The first-order chi connectivity index (χ1) is 13.2. The first-order valence-corrected chi connectivity index (χ1v) is 9.49. The molecule has 6 heteroatoms. The second kappa shape index (κ2) is 9.80. The zero-order valence-electron chi connectivity index (χ0n) is 15.5. The van der Waals surface area contributed by atoms with Gasteiger partial charge in [-0.1, -0.05) is 36.4 Å². The fourth-order valence-electron chi connectivity index (χ4n) is 3.34. The number of aliphatic hydroxyl groups is 1. The van der Waals surface area contributed by atoms with Gasteiger partial charge in [0.25, 0.3) is 0 Å². The van der Waals surface area contributed by atoms with Gasteiger partial charge in [0.05, 0.1) is 19.8 Å². The first kappa shape index (κ1) is 19.8. The van der Waals surface area contributed by atoms with Crippen LogP contribution in [0.2, 0.25) is 0 Å². The van der Waals surface area contributed by atoms with Crippen LogP contribution in [0.25, 0.3) is 0 Å². The van der Waals surface area contributed by atoms with Crippen LogP contribution in [-0.4, -0.2) is 47.8 Å². The summed E-state index contributed by atoms with van der Waals surface area (Å²) in [5.74, 6) is -0.412. The fraction of sp³-hybridized carbons (Fsp3) is 0.476. The van der Waals surface area contributed by atoms with Crippen LogP contribution in [0, 0.1) is 0 Å². The SMILES string of the molecule is NC(Cc1ccccc1)C(O)C1(CCCCOc2ccccn2)OCCO1. The minimum Gasteiger partial charge on any atom is -0.478 e. The molecule has 1 saturated heterocycles. The Hall–Kier alpha value is -1.99. The van der Waals surface area contributed by atoms with Gasteiger partial charge in [-0.3, -0.25) is 0 Å². The van der Waals surface area contributed by atoms with Crippen LogP contribution >= 0.6 is 0 Å². The number of hydrogen-bond donors (Lipinski definition) is 2. The highest BCUT2D eigenvalue weighted by atomic mass is 16.7. The third-order valence-electron chi connectivity index (χ3n) is 4.75. The molecule has 0 spiro atoms. The minimum atomic E-state index is -1.03. The van der Waals surface area contributed by atoms with Crippen LogP contribution in [0.1, 0.15) is 24.8 Å². The van der Waals surface area contributed by atoms with Crippen LogP contribution < -0.4 is 10.5 Å². The lowest BCUT2D eigenvalue weighted by molar-refractivity contribution is -0.229. The van der Waals surface area contributed by atoms with Gasteiger partial charge in [0.15, 0.2) is 5.79 Å². The fourth-order valence-corrected chi connectivity index (χ4v) is 3.34. The Morgan fingerprint density at radius 2 is 1.81 bits per heavy atom. The largest absolute Gasteiger partial charge is 0.478 e. The lowest BCUT2D eigenvalue weighted by Crippen LogP contribution is -2.54. The Kier molecular flexibility index (Phi) is 7.18. The summed E-state index contributed by atoms with van der Waals surface area (Å²) < 4.78 is 17.3. The van der Waals surface area contributed by atoms with E-state index in [1.165, 1.54) is 0 Å². The number of aromatic nitrogens is 1. The summed E-state index contributed by atoms with van der Waals surface area (Å²) in [6.45, 7) is 1.50. The minimum absolute atomic E-state index is 0.463. The predicted molar refractivity (Wildman–Crippen MR) is 102 cm³/mol. The zero-order valence-corrected chi connectivity index (χ0v) is 15.5. The summed E-state index contributed by atoms with van der Waals surface area (Å²) in [7, 11) is 0. The molecular weight excluding hydrogens is 344 g/mol. The van der Waals surface area contributed by atoms with E-state index in [1.807, 2.05) is 48.5 Å². The van der Waals surface area contributed by atoms with Crippen molar-refractivity contribution in [2.24, 2.45) is 5.73 Å². The summed E-state index contributed by atoms with van der Waals surface area (Å²) in [4.78, 5) is 4.13. The summed E-state index contributed by atoms with van der Waals surface area (Å²) >= 11 is 0. The summed E-state index contributed by atoms with van der Waals surface area (Å²) in [6.07, 6.45) is 3.56. The van der Waals surface area contributed by atoms with Crippen molar-refractivity contribution in [2.75, 3.05) is 19.8 Å². The van der Waals surface area contributed by atoms with Crippen molar-refractivity contribution in [1.82, 2.24) is 4.98 Å². The van der Waals surface area contributed by atoms with Gasteiger partial charge in [0.1, 0.15) is 6.10 Å². The molecule has 2 aromatic rings. The van der Waals surface area contributed by atoms with Crippen molar-refractivity contribution >= 4 is 0 Å². The van der Waals surface area contributed by atoms with Gasteiger partial charge in [-0.15, -0.1) is 0 Å². The number of nitrogens with zero attached hydrogens (tertiary/aromatic N) is 1. The average molecular weight is 372 g/mol. The molecule has 6 nitrogen and oxygen atoms in total. The molecule has 0 aliphatic carbocycles. The molecule has 0 saturated carbocycles. The standard InChI is InChI=1S/C21H28N2O4/c22-18(16-17-8-2-1-3-9-17)20(24)21(26-14-15-27-21)11-5-7-13-25-19-10-4-6-12-23-19/h1-4,6,8-10,12,18,20,24H,5,7,11,13-16,22H2. The van der Waals surface area contributed by atoms with E-state index in [-0.39, 0.29) is 0 Å². The van der Waals surface area contributed by atoms with Gasteiger partial charge in [-0.2, -0.15) is 0 Å². The summed E-state index contributed by atoms with van der Waals surface area (Å²) in [5.41, 5.74) is 7.36. The maximum atomic E-state index is 10.8. The topological polar surface area (TPSA) is 86.8 Å². The van der Waals surface area contributed by atoms with Crippen molar-refractivity contribution in [2.45, 2.75) is 43.6 Å². The molecule has 1 aliphatic heterocycles. The van der Waals surface area contributed by atoms with Crippen molar-refractivity contribution < 1.29 is 19.3 Å². The number of unbranched alkanes of at least 4 members (excludes halogenated alkanes) is 1. The molecule has 2 atom stereocenters. The van der Waals surface area contributed by atoms with Crippen LogP contribution in [0.5, 0.6) is 5.88 Å². The van der Waals surface area contributed by atoms with Crippen LogP contribution in [0.3, 0.4) is 0 Å². The molecule has 2 unspecified atom stereocenters. The van der Waals surface area contributed by atoms with Crippen LogP contribution in [-0.2, 0) is 15.9 Å². The zero-order chi connectivity index (χ0) is 19.0. The van der Waals surface area contributed by atoms with Crippen molar-refractivity contribution in [3.8, 4) is 5.88 Å². The lowest BCUT2D eigenvalue weighted by Gasteiger charge is -2.35. The Morgan fingerprint density at radius 1 is 1.07 bits per heavy atom. The summed E-state index contributed by atoms with van der Waals surface area (Å²) in [5, 5.41) is 10.8. The van der Waals surface area contributed by atoms with E-state index < -0.39 is 17.9 Å². The predicted octanol–water partition coefficient (Wildman–Crippen LogP) is 2.30. The van der Waals surface area contributed by atoms with E-state index in [2.05, 4.69) is 4.98 Å². The number of rotatable bonds is 10. The molecule has 3 N–H and O–H groups in total. The van der Waals surface area contributed by atoms with E-state index >= 15 is 0 Å². The second-order valence-corrected chi connectivity index (χ2v) is 6.78. The molecule has 0 amide bonds. The third kappa shape index (κ3) is 5.49. The first-order valence-electron chi connectivity index (χ1n) is 9.49. The molecule has 27 heavy (non-hydrogen) atoms. The number of ether oxygens (including phenoxy) is 3. The smallest absolute Gasteiger partial charge is 0.213 e. The van der Waals surface area contributed by atoms with E-state index in [4.69, 9.17) is 19.9 Å². The number of hydrogen-bond acceptors (Lipinski definition) is 6. The van der Waals surface area contributed by atoms with Gasteiger partial charge < -0.3 is 25.1 Å². The van der Waals surface area contributed by atoms with Crippen LogP contribution in [0.4, 0.5) is 0 Å². The molecule has 2 heterocycles. The lowest BCUT2D eigenvalue weighted by atomic mass is 9.93. The van der Waals surface area contributed by atoms with Crippen molar-refractivity contribution in [3.63, 3.8) is 0 Å². The highest BCUT2D eigenvalue weighted by molar-refractivity contribution is 5.16. The normalized spacial score (nSPS) is 18.1. The molecular formula is C21H28N2O4. The molecule has 146 valence electrons. The van der Waals surface area contributed by atoms with E-state index in [0.717, 1.165) is 18.4 Å². The molecule has 0 bridgehead atoms. The van der Waals surface area contributed by atoms with Gasteiger partial charge in [-0.25, -0.2) is 4.98 Å². The monoisotopic (exact) mass is 372 g/mol. The third-order valence-corrected chi connectivity index (χ3v) is 4.75. The highest BCUT2D eigenvalue weighted by Crippen LogP contribution is 2.31. The molecule has 1 aliphatic rings. The molecule has 1 aromatic heterocycles. The second-order valence-electron chi connectivity index (χ2n) is 6.78. The van der Waals surface area contributed by atoms with Gasteiger partial charge in [0, 0.05) is 24.7 Å². The molecule has 3 rings (SSSR count). The Labute approximate surface area is 160 Å². The van der Waals surface area contributed by atoms with E-state index in [9.17, 15) is 5.11 Å². The van der Waals surface area contributed by atoms with E-state index in [1.54, 1.807) is 6.20 Å². The van der Waals surface area contributed by atoms with Gasteiger partial charge >= 0.3 is 0 Å². The van der Waals surface area contributed by atoms with Crippen molar-refractivity contribution in [3.05, 3.63) is 60.3 Å². The van der Waals surface area contributed by atoms with Crippen molar-refractivity contribution in [1.29, 1.82) is 0 Å². The molecule has 0 radical (unpaired) electrons.